The number of anilines is 2. The Hall–Kier alpha value is -5.48. The summed E-state index contributed by atoms with van der Waals surface area (Å²) in [5.74, 6) is -1.64. The Bertz CT molecular complexity index is 2580. The number of nitriles is 1. The topological polar surface area (TPSA) is 160 Å². The van der Waals surface area contributed by atoms with Crippen molar-refractivity contribution in [3.8, 4) is 6.07 Å². The van der Waals surface area contributed by atoms with Gasteiger partial charge in [0.1, 0.15) is 17.2 Å². The van der Waals surface area contributed by atoms with Crippen LogP contribution in [0.5, 0.6) is 0 Å². The summed E-state index contributed by atoms with van der Waals surface area (Å²) in [5.41, 5.74) is 3.40. The number of hydrogen-bond donors (Lipinski definition) is 1. The zero-order chi connectivity index (χ0) is 45.6. The lowest BCUT2D eigenvalue weighted by molar-refractivity contribution is -0.122. The molecule has 1 aliphatic rings. The van der Waals surface area contributed by atoms with Crippen LogP contribution in [-0.2, 0) is 19.4 Å². The van der Waals surface area contributed by atoms with Crippen LogP contribution >= 0.6 is 23.2 Å². The van der Waals surface area contributed by atoms with Crippen molar-refractivity contribution in [2.24, 2.45) is 0 Å². The predicted octanol–water partition coefficient (Wildman–Crippen LogP) is 13.0. The molecule has 0 radical (unpaired) electrons. The van der Waals surface area contributed by atoms with Crippen LogP contribution in [0.4, 0.5) is 16.2 Å². The third kappa shape index (κ3) is 12.6. The Morgan fingerprint density at radius 2 is 1.58 bits per heavy atom. The van der Waals surface area contributed by atoms with E-state index in [1.165, 1.54) is 79.5 Å². The molecule has 0 bridgehead atoms. The maximum absolute atomic E-state index is 14.4. The van der Waals surface area contributed by atoms with Crippen molar-refractivity contribution < 1.29 is 32.0 Å². The number of rotatable bonds is 21. The maximum Gasteiger partial charge on any atom is 0.415 e. The number of carbonyl (C=O) groups is 3. The first kappa shape index (κ1) is 48.0. The summed E-state index contributed by atoms with van der Waals surface area (Å²) in [5, 5.41) is 12.9. The fourth-order valence-electron chi connectivity index (χ4n) is 7.92. The SMILES string of the molecule is CCCCCCCCCCCCS(=O)(=O)c1ccc(NC(=O)C(OC(=O)N(c2ccc(C=C(C#N)c3nc4ccccc4o3)c(C)c2)C2CCCC2)C(=O)c2ccc(Cl)cc2)c(Cl)c1. The van der Waals surface area contributed by atoms with Gasteiger partial charge in [0.05, 0.1) is 21.4 Å². The summed E-state index contributed by atoms with van der Waals surface area (Å²) >= 11 is 12.7. The van der Waals surface area contributed by atoms with Crippen LogP contribution in [0.25, 0.3) is 22.7 Å². The zero-order valence-corrected chi connectivity index (χ0v) is 38.6. The number of ketones is 1. The highest BCUT2D eigenvalue weighted by Gasteiger charge is 2.37. The number of oxazole rings is 1. The van der Waals surface area contributed by atoms with Gasteiger partial charge in [0, 0.05) is 22.3 Å². The van der Waals surface area contributed by atoms with E-state index in [1.54, 1.807) is 36.4 Å². The van der Waals surface area contributed by atoms with Gasteiger partial charge in [-0.25, -0.2) is 18.2 Å². The largest absolute Gasteiger partial charge is 0.435 e. The number of allylic oxidation sites excluding steroid dienone is 1. The minimum atomic E-state index is -3.66. The number of carbonyl (C=O) groups excluding carboxylic acids is 3. The number of fused-ring (bicyclic) bond motifs is 1. The highest BCUT2D eigenvalue weighted by atomic mass is 35.5. The van der Waals surface area contributed by atoms with E-state index in [9.17, 15) is 28.1 Å². The summed E-state index contributed by atoms with van der Waals surface area (Å²) in [6.45, 7) is 4.04. The monoisotopic (exact) mass is 924 g/mol. The molecule has 1 aromatic heterocycles. The summed E-state index contributed by atoms with van der Waals surface area (Å²) in [6.07, 6.45) is 12.6. The molecular weight excluding hydrogens is 872 g/mol. The molecule has 5 aromatic rings. The molecule has 1 atom stereocenters. The number of nitrogens with zero attached hydrogens (tertiary/aromatic N) is 3. The third-order valence-electron chi connectivity index (χ3n) is 11.5. The minimum absolute atomic E-state index is 0.0192. The third-order valence-corrected chi connectivity index (χ3v) is 13.9. The van der Waals surface area contributed by atoms with Crippen molar-refractivity contribution in [1.82, 2.24) is 4.98 Å². The standard InChI is InChI=1S/C50H54Cl2N4O7S/c1-3-4-5-6-7-8-9-10-11-16-29-64(60,61)41-27-28-43(42(52)32-41)54-48(58)47(46(57)35-21-24-38(51)25-22-35)63-50(59)56(39-17-12-13-18-39)40-26-23-36(34(2)30-40)31-37(33-53)49-55-44-19-14-15-20-45(44)62-49/h14-15,19-28,30-32,39,47H,3-13,16-18,29H2,1-2H3,(H,54,58). The molecule has 0 spiro atoms. The molecule has 0 saturated heterocycles. The van der Waals surface area contributed by atoms with Crippen molar-refractivity contribution in [2.45, 2.75) is 121 Å². The molecule has 1 N–H and O–H groups in total. The molecule has 64 heavy (non-hydrogen) atoms. The van der Waals surface area contributed by atoms with E-state index in [4.69, 9.17) is 32.4 Å². The van der Waals surface area contributed by atoms with Crippen molar-refractivity contribution >= 4 is 84.9 Å². The summed E-state index contributed by atoms with van der Waals surface area (Å²) in [4.78, 5) is 48.5. The minimum Gasteiger partial charge on any atom is -0.435 e. The molecular formula is C50H54Cl2N4O7S. The fraction of sp³-hybridized carbons (Fsp3) is 0.380. The number of hydrogen-bond acceptors (Lipinski definition) is 9. The number of ether oxygens (including phenoxy) is 1. The van der Waals surface area contributed by atoms with Gasteiger partial charge >= 0.3 is 6.09 Å². The first-order valence-corrected chi connectivity index (χ1v) is 24.5. The Kier molecular flexibility index (Phi) is 17.2. The number of benzene rings is 4. The van der Waals surface area contributed by atoms with Gasteiger partial charge in [-0.05, 0) is 110 Å². The molecule has 11 nitrogen and oxygen atoms in total. The molecule has 1 fully saturated rings. The number of Topliss-reactive ketones (excluding diaryl/α,β-unsaturated/α-hetero) is 1. The van der Waals surface area contributed by atoms with Crippen LogP contribution in [0.15, 0.2) is 94.2 Å². The average molecular weight is 926 g/mol. The lowest BCUT2D eigenvalue weighted by Crippen LogP contribution is -2.46. The molecule has 336 valence electrons. The molecule has 1 heterocycles. The number of amides is 2. The van der Waals surface area contributed by atoms with Crippen LogP contribution < -0.4 is 10.2 Å². The lowest BCUT2D eigenvalue weighted by atomic mass is 10.0. The summed E-state index contributed by atoms with van der Waals surface area (Å²) in [6, 6.07) is 24.2. The number of aromatic nitrogens is 1. The van der Waals surface area contributed by atoms with Crippen LogP contribution in [0, 0.1) is 18.3 Å². The van der Waals surface area contributed by atoms with Crippen LogP contribution in [0.2, 0.25) is 10.0 Å². The lowest BCUT2D eigenvalue weighted by Gasteiger charge is -2.30. The second-order valence-electron chi connectivity index (χ2n) is 16.3. The van der Waals surface area contributed by atoms with Crippen molar-refractivity contribution in [2.75, 3.05) is 16.0 Å². The second-order valence-corrected chi connectivity index (χ2v) is 19.2. The van der Waals surface area contributed by atoms with E-state index < -0.39 is 33.7 Å². The van der Waals surface area contributed by atoms with Gasteiger partial charge in [-0.3, -0.25) is 14.5 Å². The molecule has 1 aliphatic carbocycles. The number of halogens is 2. The number of sulfone groups is 1. The maximum atomic E-state index is 14.4. The molecule has 6 rings (SSSR count). The van der Waals surface area contributed by atoms with E-state index in [2.05, 4.69) is 23.3 Å². The van der Waals surface area contributed by atoms with E-state index >= 15 is 0 Å². The van der Waals surface area contributed by atoms with Gasteiger partial charge < -0.3 is 14.5 Å². The normalized spacial score (nSPS) is 13.7. The van der Waals surface area contributed by atoms with Crippen LogP contribution in [-0.4, -0.2) is 49.1 Å². The number of nitrogens with one attached hydrogen (secondary N) is 1. The zero-order valence-electron chi connectivity index (χ0n) is 36.3. The van der Waals surface area contributed by atoms with Gasteiger partial charge in [-0.15, -0.1) is 0 Å². The van der Waals surface area contributed by atoms with E-state index in [-0.39, 0.29) is 44.4 Å². The molecule has 14 heteroatoms. The Balaban J connectivity index is 1.18. The van der Waals surface area contributed by atoms with E-state index in [1.807, 2.05) is 19.1 Å². The highest BCUT2D eigenvalue weighted by Crippen LogP contribution is 2.33. The van der Waals surface area contributed by atoms with Gasteiger partial charge in [-0.2, -0.15) is 5.26 Å². The molecule has 0 aliphatic heterocycles. The first-order valence-electron chi connectivity index (χ1n) is 22.1. The average Bonchev–Trinajstić information content (AvgIpc) is 3.98. The Morgan fingerprint density at radius 3 is 2.22 bits per heavy atom. The second kappa shape index (κ2) is 22.9. The van der Waals surface area contributed by atoms with Gasteiger partial charge in [0.2, 0.25) is 17.8 Å². The molecule has 2 amide bonds. The molecule has 4 aromatic carbocycles. The van der Waals surface area contributed by atoms with E-state index in [0.29, 0.717) is 46.6 Å². The quantitative estimate of drug-likeness (QED) is 0.0327. The van der Waals surface area contributed by atoms with Gasteiger partial charge in [0.15, 0.2) is 15.4 Å². The molecule has 1 saturated carbocycles. The van der Waals surface area contributed by atoms with Gasteiger partial charge in [-0.1, -0.05) is 119 Å². The first-order chi connectivity index (χ1) is 30.9. The highest BCUT2D eigenvalue weighted by molar-refractivity contribution is 7.91. The Morgan fingerprint density at radius 1 is 0.906 bits per heavy atom. The van der Waals surface area contributed by atoms with Crippen LogP contribution in [0.1, 0.15) is 124 Å². The summed E-state index contributed by atoms with van der Waals surface area (Å²) in [7, 11) is -3.66. The van der Waals surface area contributed by atoms with E-state index in [0.717, 1.165) is 44.1 Å². The Labute approximate surface area is 385 Å². The smallest absolute Gasteiger partial charge is 0.415 e. The van der Waals surface area contributed by atoms with Crippen molar-refractivity contribution in [3.05, 3.63) is 118 Å². The van der Waals surface area contributed by atoms with Crippen molar-refractivity contribution in [3.63, 3.8) is 0 Å². The fourth-order valence-corrected chi connectivity index (χ4v) is 9.73. The van der Waals surface area contributed by atoms with Gasteiger partial charge in [0.25, 0.3) is 5.91 Å². The predicted molar refractivity (Wildman–Crippen MR) is 253 cm³/mol. The summed E-state index contributed by atoms with van der Waals surface area (Å²) < 4.78 is 38.2. The molecule has 1 unspecified atom stereocenters. The number of aryl methyl sites for hydroxylation is 1. The van der Waals surface area contributed by atoms with Crippen LogP contribution in [0.3, 0.4) is 0 Å². The number of para-hydroxylation sites is 2. The van der Waals surface area contributed by atoms with Crippen molar-refractivity contribution in [1.29, 1.82) is 5.26 Å². The number of unbranched alkanes of at least 4 members (excludes halogenated alkanes) is 9.